The SMILES string of the molecule is CNCCC(=O)N1CCC2NC(=O)CCC2C1. The maximum Gasteiger partial charge on any atom is 0.223 e. The lowest BCUT2D eigenvalue weighted by Gasteiger charge is -2.41. The Morgan fingerprint density at radius 1 is 1.53 bits per heavy atom. The molecule has 2 fully saturated rings. The minimum atomic E-state index is 0.168. The van der Waals surface area contributed by atoms with Crippen LogP contribution in [0.3, 0.4) is 0 Å². The van der Waals surface area contributed by atoms with Gasteiger partial charge in [-0.05, 0) is 25.8 Å². The number of rotatable bonds is 3. The second kappa shape index (κ2) is 5.49. The average Bonchev–Trinajstić information content (AvgIpc) is 2.35. The predicted molar refractivity (Wildman–Crippen MR) is 64.4 cm³/mol. The van der Waals surface area contributed by atoms with Gasteiger partial charge in [0.2, 0.25) is 11.8 Å². The number of carbonyl (C=O) groups excluding carboxylic acids is 2. The molecular weight excluding hydrogens is 218 g/mol. The van der Waals surface area contributed by atoms with Crippen molar-refractivity contribution in [2.24, 2.45) is 5.92 Å². The van der Waals surface area contributed by atoms with Crippen LogP contribution in [0, 0.1) is 5.92 Å². The number of likely N-dealkylation sites (tertiary alicyclic amines) is 1. The molecule has 2 N–H and O–H groups in total. The molecule has 5 nitrogen and oxygen atoms in total. The summed E-state index contributed by atoms with van der Waals surface area (Å²) in [5, 5.41) is 6.03. The fourth-order valence-electron chi connectivity index (χ4n) is 2.73. The van der Waals surface area contributed by atoms with Gasteiger partial charge in [0.1, 0.15) is 0 Å². The molecule has 0 aromatic carbocycles. The molecule has 0 aromatic rings. The topological polar surface area (TPSA) is 61.4 Å². The third-order valence-electron chi connectivity index (χ3n) is 3.76. The van der Waals surface area contributed by atoms with Gasteiger partial charge in [-0.15, -0.1) is 0 Å². The largest absolute Gasteiger partial charge is 0.353 e. The lowest BCUT2D eigenvalue weighted by Crippen LogP contribution is -2.55. The molecule has 5 heteroatoms. The predicted octanol–water partition coefficient (Wildman–Crippen LogP) is -0.277. The first-order valence-corrected chi connectivity index (χ1v) is 6.42. The molecule has 0 spiro atoms. The van der Waals surface area contributed by atoms with Crippen LogP contribution in [0.25, 0.3) is 0 Å². The summed E-state index contributed by atoms with van der Waals surface area (Å²) < 4.78 is 0. The van der Waals surface area contributed by atoms with Gasteiger partial charge in [-0.25, -0.2) is 0 Å². The van der Waals surface area contributed by atoms with Crippen molar-refractivity contribution in [2.45, 2.75) is 31.7 Å². The fourth-order valence-corrected chi connectivity index (χ4v) is 2.73. The summed E-state index contributed by atoms with van der Waals surface area (Å²) in [6.07, 6.45) is 3.01. The first-order valence-electron chi connectivity index (χ1n) is 6.42. The highest BCUT2D eigenvalue weighted by molar-refractivity contribution is 5.78. The highest BCUT2D eigenvalue weighted by Crippen LogP contribution is 2.25. The first-order chi connectivity index (χ1) is 8.20. The molecule has 0 radical (unpaired) electrons. The third-order valence-corrected chi connectivity index (χ3v) is 3.76. The second-order valence-electron chi connectivity index (χ2n) is 4.95. The number of carbonyl (C=O) groups is 2. The third kappa shape index (κ3) is 2.97. The quantitative estimate of drug-likeness (QED) is 0.712. The van der Waals surface area contributed by atoms with E-state index in [-0.39, 0.29) is 11.8 Å². The van der Waals surface area contributed by atoms with Crippen molar-refractivity contribution in [3.05, 3.63) is 0 Å². The Balaban J connectivity index is 1.85. The molecule has 2 atom stereocenters. The molecule has 2 heterocycles. The van der Waals surface area contributed by atoms with Gasteiger partial charge in [-0.1, -0.05) is 0 Å². The molecule has 2 rings (SSSR count). The van der Waals surface area contributed by atoms with Crippen molar-refractivity contribution >= 4 is 11.8 Å². The van der Waals surface area contributed by atoms with Crippen LogP contribution < -0.4 is 10.6 Å². The van der Waals surface area contributed by atoms with E-state index in [1.165, 1.54) is 0 Å². The van der Waals surface area contributed by atoms with E-state index < -0.39 is 0 Å². The normalized spacial score (nSPS) is 28.5. The van der Waals surface area contributed by atoms with Gasteiger partial charge in [-0.3, -0.25) is 9.59 Å². The highest BCUT2D eigenvalue weighted by Gasteiger charge is 2.34. The summed E-state index contributed by atoms with van der Waals surface area (Å²) in [7, 11) is 1.86. The van der Waals surface area contributed by atoms with Crippen molar-refractivity contribution in [1.82, 2.24) is 15.5 Å². The van der Waals surface area contributed by atoms with Crippen molar-refractivity contribution in [2.75, 3.05) is 26.7 Å². The average molecular weight is 239 g/mol. The summed E-state index contributed by atoms with van der Waals surface area (Å²) in [5.41, 5.74) is 0. The van der Waals surface area contributed by atoms with Gasteiger partial charge >= 0.3 is 0 Å². The molecule has 2 aliphatic rings. The molecule has 0 aliphatic carbocycles. The summed E-state index contributed by atoms with van der Waals surface area (Å²) in [4.78, 5) is 25.1. The van der Waals surface area contributed by atoms with E-state index in [4.69, 9.17) is 0 Å². The van der Waals surface area contributed by atoms with E-state index in [9.17, 15) is 9.59 Å². The van der Waals surface area contributed by atoms with E-state index in [0.29, 0.717) is 24.8 Å². The lowest BCUT2D eigenvalue weighted by atomic mass is 9.85. The zero-order valence-electron chi connectivity index (χ0n) is 10.4. The Morgan fingerprint density at radius 2 is 2.35 bits per heavy atom. The van der Waals surface area contributed by atoms with E-state index in [2.05, 4.69) is 10.6 Å². The monoisotopic (exact) mass is 239 g/mol. The van der Waals surface area contributed by atoms with Crippen molar-refractivity contribution < 1.29 is 9.59 Å². The highest BCUT2D eigenvalue weighted by atomic mass is 16.2. The molecule has 2 amide bonds. The molecule has 2 saturated heterocycles. The van der Waals surface area contributed by atoms with Crippen LogP contribution in [-0.4, -0.2) is 49.4 Å². The van der Waals surface area contributed by atoms with Gasteiger partial charge in [-0.2, -0.15) is 0 Å². The molecule has 0 saturated carbocycles. The first kappa shape index (κ1) is 12.4. The van der Waals surface area contributed by atoms with E-state index >= 15 is 0 Å². The van der Waals surface area contributed by atoms with Gasteiger partial charge < -0.3 is 15.5 Å². The summed E-state index contributed by atoms with van der Waals surface area (Å²) >= 11 is 0. The van der Waals surface area contributed by atoms with E-state index in [1.807, 2.05) is 11.9 Å². The number of amides is 2. The van der Waals surface area contributed by atoms with E-state index in [1.54, 1.807) is 0 Å². The molecule has 2 unspecified atom stereocenters. The minimum Gasteiger partial charge on any atom is -0.353 e. The summed E-state index contributed by atoms with van der Waals surface area (Å²) in [5.74, 6) is 0.857. The number of fused-ring (bicyclic) bond motifs is 1. The van der Waals surface area contributed by atoms with Crippen LogP contribution in [0.1, 0.15) is 25.7 Å². The Hall–Kier alpha value is -1.10. The smallest absolute Gasteiger partial charge is 0.223 e. The van der Waals surface area contributed by atoms with Crippen LogP contribution in [-0.2, 0) is 9.59 Å². The van der Waals surface area contributed by atoms with Gasteiger partial charge in [0, 0.05) is 38.5 Å². The Morgan fingerprint density at radius 3 is 3.12 bits per heavy atom. The lowest BCUT2D eigenvalue weighted by molar-refractivity contribution is -0.134. The standard InChI is InChI=1S/C12H21N3O2/c1-13-6-4-12(17)15-7-5-10-9(8-15)2-3-11(16)14-10/h9-10,13H,2-8H2,1H3,(H,14,16). The fraction of sp³-hybridized carbons (Fsp3) is 0.833. The second-order valence-corrected chi connectivity index (χ2v) is 4.95. The minimum absolute atomic E-state index is 0.168. The number of hydrogen-bond donors (Lipinski definition) is 2. The Bertz CT molecular complexity index is 306. The van der Waals surface area contributed by atoms with Crippen LogP contribution >= 0.6 is 0 Å². The maximum absolute atomic E-state index is 11.9. The Kier molecular flexibility index (Phi) is 3.99. The van der Waals surface area contributed by atoms with Crippen molar-refractivity contribution in [1.29, 1.82) is 0 Å². The summed E-state index contributed by atoms with van der Waals surface area (Å²) in [6, 6.07) is 0.296. The number of nitrogens with one attached hydrogen (secondary N) is 2. The molecule has 0 aromatic heterocycles. The molecule has 2 aliphatic heterocycles. The van der Waals surface area contributed by atoms with Gasteiger partial charge in [0.05, 0.1) is 0 Å². The van der Waals surface area contributed by atoms with Crippen LogP contribution in [0.5, 0.6) is 0 Å². The van der Waals surface area contributed by atoms with Crippen molar-refractivity contribution in [3.63, 3.8) is 0 Å². The maximum atomic E-state index is 11.9. The molecular formula is C12H21N3O2. The number of piperidine rings is 2. The molecule has 96 valence electrons. The zero-order chi connectivity index (χ0) is 12.3. The number of hydrogen-bond acceptors (Lipinski definition) is 3. The van der Waals surface area contributed by atoms with E-state index in [0.717, 1.165) is 32.5 Å². The molecule has 17 heavy (non-hydrogen) atoms. The molecule has 0 bridgehead atoms. The van der Waals surface area contributed by atoms with Gasteiger partial charge in [0.25, 0.3) is 0 Å². The van der Waals surface area contributed by atoms with Crippen LogP contribution in [0.2, 0.25) is 0 Å². The number of nitrogens with zero attached hydrogens (tertiary/aromatic N) is 1. The summed E-state index contributed by atoms with van der Waals surface area (Å²) in [6.45, 7) is 2.33. The van der Waals surface area contributed by atoms with Gasteiger partial charge in [0.15, 0.2) is 0 Å². The van der Waals surface area contributed by atoms with Crippen LogP contribution in [0.15, 0.2) is 0 Å². The zero-order valence-corrected chi connectivity index (χ0v) is 10.4. The van der Waals surface area contributed by atoms with Crippen LogP contribution in [0.4, 0.5) is 0 Å². The van der Waals surface area contributed by atoms with Crippen molar-refractivity contribution in [3.8, 4) is 0 Å². The Labute approximate surface area is 102 Å².